The molecular formula is C4H8N2O2S. The smallest absolute Gasteiger partial charge is 0.241 e. The molecule has 0 saturated heterocycles. The van der Waals surface area contributed by atoms with Crippen molar-refractivity contribution in [2.45, 2.75) is 0 Å². The first-order valence-corrected chi connectivity index (χ1v) is 1.90. The summed E-state index contributed by atoms with van der Waals surface area (Å²) < 4.78 is 0. The van der Waals surface area contributed by atoms with Crippen molar-refractivity contribution in [3.05, 3.63) is 12.2 Å². The van der Waals surface area contributed by atoms with Crippen LogP contribution in [0.25, 0.3) is 0 Å². The molecule has 0 rings (SSSR count). The van der Waals surface area contributed by atoms with Crippen LogP contribution in [0.1, 0.15) is 0 Å². The average molecular weight is 148 g/mol. The number of amides is 2. The van der Waals surface area contributed by atoms with Crippen molar-refractivity contribution < 1.29 is 9.59 Å². The Balaban J connectivity index is 0. The van der Waals surface area contributed by atoms with E-state index < -0.39 is 11.8 Å². The van der Waals surface area contributed by atoms with Crippen molar-refractivity contribution in [2.24, 2.45) is 11.5 Å². The van der Waals surface area contributed by atoms with E-state index in [4.69, 9.17) is 0 Å². The third kappa shape index (κ3) is 11.0. The second kappa shape index (κ2) is 5.17. The van der Waals surface area contributed by atoms with Gasteiger partial charge in [0.1, 0.15) is 0 Å². The fourth-order valence-corrected chi connectivity index (χ4v) is 0.164. The molecule has 0 aromatic carbocycles. The highest BCUT2D eigenvalue weighted by atomic mass is 32.1. The molecule has 5 heteroatoms. The fraction of sp³-hybridized carbons (Fsp3) is 0. The fourth-order valence-electron chi connectivity index (χ4n) is 0.164. The molecule has 0 aliphatic rings. The molecular weight excluding hydrogens is 140 g/mol. The van der Waals surface area contributed by atoms with Crippen LogP contribution in [0.2, 0.25) is 0 Å². The molecule has 0 heterocycles. The number of primary amides is 2. The van der Waals surface area contributed by atoms with Gasteiger partial charge in [0.05, 0.1) is 0 Å². The van der Waals surface area contributed by atoms with E-state index in [1.165, 1.54) is 0 Å². The van der Waals surface area contributed by atoms with E-state index >= 15 is 0 Å². The lowest BCUT2D eigenvalue weighted by Gasteiger charge is -1.76. The number of hydrogen-bond acceptors (Lipinski definition) is 2. The van der Waals surface area contributed by atoms with Gasteiger partial charge in [0.2, 0.25) is 11.8 Å². The average Bonchev–Trinajstić information content (AvgIpc) is 1.61. The second-order valence-corrected chi connectivity index (χ2v) is 1.14. The molecule has 2 amide bonds. The summed E-state index contributed by atoms with van der Waals surface area (Å²) in [4.78, 5) is 19.7. The summed E-state index contributed by atoms with van der Waals surface area (Å²) in [5.41, 5.74) is 9.21. The minimum atomic E-state index is -0.677. The summed E-state index contributed by atoms with van der Waals surface area (Å²) in [5, 5.41) is 0. The number of carbonyl (C=O) groups excluding carboxylic acids is 2. The van der Waals surface area contributed by atoms with Gasteiger partial charge in [0.25, 0.3) is 0 Å². The molecule has 0 spiro atoms. The molecule has 0 atom stereocenters. The second-order valence-electron chi connectivity index (χ2n) is 1.14. The Kier molecular flexibility index (Phi) is 6.27. The first kappa shape index (κ1) is 10.9. The molecule has 4 nitrogen and oxygen atoms in total. The third-order valence-corrected chi connectivity index (χ3v) is 0.412. The zero-order valence-corrected chi connectivity index (χ0v) is 5.63. The van der Waals surface area contributed by atoms with Crippen molar-refractivity contribution >= 4 is 25.3 Å². The highest BCUT2D eigenvalue weighted by Gasteiger charge is 1.83. The Morgan fingerprint density at radius 3 is 1.33 bits per heavy atom. The van der Waals surface area contributed by atoms with Gasteiger partial charge in [-0.3, -0.25) is 9.59 Å². The Labute approximate surface area is 59.3 Å². The summed E-state index contributed by atoms with van der Waals surface area (Å²) in [6.45, 7) is 0. The van der Waals surface area contributed by atoms with Crippen LogP contribution in [-0.4, -0.2) is 11.8 Å². The van der Waals surface area contributed by atoms with Crippen molar-refractivity contribution in [1.82, 2.24) is 0 Å². The van der Waals surface area contributed by atoms with E-state index in [1.54, 1.807) is 0 Å². The number of nitrogens with two attached hydrogens (primary N) is 2. The number of carbonyl (C=O) groups is 2. The SMILES string of the molecule is NC(=O)/C=C\C(N)=O.S. The monoisotopic (exact) mass is 148 g/mol. The standard InChI is InChI=1S/C4H6N2O2.H2S/c5-3(7)1-2-4(6)8;/h1-2H,(H2,5,7)(H2,6,8);1H2/b2-1-;. The Morgan fingerprint density at radius 2 is 1.22 bits per heavy atom. The molecule has 9 heavy (non-hydrogen) atoms. The van der Waals surface area contributed by atoms with E-state index in [0.717, 1.165) is 12.2 Å². The molecule has 0 aliphatic heterocycles. The lowest BCUT2D eigenvalue weighted by atomic mass is 10.5. The lowest BCUT2D eigenvalue weighted by molar-refractivity contribution is -0.115. The molecule has 0 fully saturated rings. The highest BCUT2D eigenvalue weighted by molar-refractivity contribution is 7.59. The third-order valence-electron chi connectivity index (χ3n) is 0.412. The lowest BCUT2D eigenvalue weighted by Crippen LogP contribution is -2.10. The Morgan fingerprint density at radius 1 is 1.00 bits per heavy atom. The van der Waals surface area contributed by atoms with Crippen molar-refractivity contribution in [3.63, 3.8) is 0 Å². The van der Waals surface area contributed by atoms with Gasteiger partial charge in [0, 0.05) is 12.2 Å². The maximum absolute atomic E-state index is 9.83. The summed E-state index contributed by atoms with van der Waals surface area (Å²) >= 11 is 0. The van der Waals surface area contributed by atoms with E-state index in [2.05, 4.69) is 11.5 Å². The van der Waals surface area contributed by atoms with Crippen molar-refractivity contribution in [2.75, 3.05) is 0 Å². The van der Waals surface area contributed by atoms with Crippen LogP contribution < -0.4 is 11.5 Å². The summed E-state index contributed by atoms with van der Waals surface area (Å²) in [6, 6.07) is 0. The van der Waals surface area contributed by atoms with Crippen LogP contribution in [-0.2, 0) is 9.59 Å². The Bertz CT molecular complexity index is 128. The van der Waals surface area contributed by atoms with E-state index in [-0.39, 0.29) is 13.5 Å². The van der Waals surface area contributed by atoms with E-state index in [0.29, 0.717) is 0 Å². The molecule has 0 aliphatic carbocycles. The van der Waals surface area contributed by atoms with Crippen LogP contribution in [0.3, 0.4) is 0 Å². The van der Waals surface area contributed by atoms with Gasteiger partial charge in [0.15, 0.2) is 0 Å². The van der Waals surface area contributed by atoms with Gasteiger partial charge in [-0.2, -0.15) is 13.5 Å². The van der Waals surface area contributed by atoms with Crippen LogP contribution in [0, 0.1) is 0 Å². The van der Waals surface area contributed by atoms with Gasteiger partial charge in [-0.25, -0.2) is 0 Å². The normalized spacial score (nSPS) is 8.44. The van der Waals surface area contributed by atoms with E-state index in [1.807, 2.05) is 0 Å². The maximum atomic E-state index is 9.83. The molecule has 0 aromatic heterocycles. The minimum absolute atomic E-state index is 0. The molecule has 52 valence electrons. The quantitative estimate of drug-likeness (QED) is 0.473. The first-order chi connectivity index (χ1) is 3.63. The summed E-state index contributed by atoms with van der Waals surface area (Å²) in [6.07, 6.45) is 1.81. The maximum Gasteiger partial charge on any atom is 0.241 e. The zero-order valence-electron chi connectivity index (χ0n) is 4.63. The Hall–Kier alpha value is -0.970. The molecule has 0 unspecified atom stereocenters. The van der Waals surface area contributed by atoms with Crippen LogP contribution in [0.5, 0.6) is 0 Å². The molecule has 0 bridgehead atoms. The molecule has 0 radical (unpaired) electrons. The topological polar surface area (TPSA) is 86.2 Å². The predicted octanol–water partition coefficient (Wildman–Crippen LogP) is -1.37. The van der Waals surface area contributed by atoms with Gasteiger partial charge in [-0.15, -0.1) is 0 Å². The van der Waals surface area contributed by atoms with Crippen LogP contribution in [0.15, 0.2) is 12.2 Å². The first-order valence-electron chi connectivity index (χ1n) is 1.90. The summed E-state index contributed by atoms with van der Waals surface area (Å²) in [7, 11) is 0. The highest BCUT2D eigenvalue weighted by Crippen LogP contribution is 1.65. The van der Waals surface area contributed by atoms with Gasteiger partial charge in [-0.05, 0) is 0 Å². The summed E-state index contributed by atoms with van der Waals surface area (Å²) in [5.74, 6) is -1.35. The van der Waals surface area contributed by atoms with Gasteiger partial charge >= 0.3 is 0 Å². The number of hydrogen-bond donors (Lipinski definition) is 2. The molecule has 4 N–H and O–H groups in total. The van der Waals surface area contributed by atoms with Gasteiger partial charge in [-0.1, -0.05) is 0 Å². The minimum Gasteiger partial charge on any atom is -0.366 e. The van der Waals surface area contributed by atoms with Crippen LogP contribution in [0.4, 0.5) is 0 Å². The van der Waals surface area contributed by atoms with Crippen molar-refractivity contribution in [3.8, 4) is 0 Å². The zero-order chi connectivity index (χ0) is 6.57. The predicted molar refractivity (Wildman–Crippen MR) is 37.9 cm³/mol. The van der Waals surface area contributed by atoms with E-state index in [9.17, 15) is 9.59 Å². The molecule has 0 aromatic rings. The van der Waals surface area contributed by atoms with Gasteiger partial charge < -0.3 is 11.5 Å². The number of rotatable bonds is 2. The largest absolute Gasteiger partial charge is 0.366 e. The van der Waals surface area contributed by atoms with Crippen molar-refractivity contribution in [1.29, 1.82) is 0 Å². The molecule has 0 saturated carbocycles. The van der Waals surface area contributed by atoms with Crippen LogP contribution >= 0.6 is 13.5 Å².